The lowest BCUT2D eigenvalue weighted by Crippen LogP contribution is -2.24. The van der Waals surface area contributed by atoms with E-state index in [0.29, 0.717) is 18.7 Å². The third-order valence-electron chi connectivity index (χ3n) is 2.40. The molecule has 18 heavy (non-hydrogen) atoms. The average Bonchev–Trinajstić information content (AvgIpc) is 2.73. The van der Waals surface area contributed by atoms with Crippen molar-refractivity contribution in [2.75, 3.05) is 5.73 Å². The van der Waals surface area contributed by atoms with Crippen molar-refractivity contribution in [3.8, 4) is 0 Å². The van der Waals surface area contributed by atoms with Crippen molar-refractivity contribution in [3.63, 3.8) is 0 Å². The standard InChI is InChI=1S/C13H13BrN2OS/c14-12-5-4-11(18-12)8-16-13(17)7-9-2-1-3-10(15)6-9/h1-6H,7-8,15H2,(H,16,17). The SMILES string of the molecule is Nc1cccc(CC(=O)NCc2ccc(Br)s2)c1. The van der Waals surface area contributed by atoms with E-state index in [4.69, 9.17) is 5.73 Å². The van der Waals surface area contributed by atoms with Crippen molar-refractivity contribution in [2.45, 2.75) is 13.0 Å². The molecule has 0 saturated heterocycles. The maximum Gasteiger partial charge on any atom is 0.224 e. The van der Waals surface area contributed by atoms with Crippen LogP contribution >= 0.6 is 27.3 Å². The summed E-state index contributed by atoms with van der Waals surface area (Å²) in [5.41, 5.74) is 7.28. The minimum absolute atomic E-state index is 0.00474. The maximum absolute atomic E-state index is 11.7. The fourth-order valence-corrected chi connectivity index (χ4v) is 3.01. The summed E-state index contributed by atoms with van der Waals surface area (Å²) in [4.78, 5) is 12.9. The number of hydrogen-bond acceptors (Lipinski definition) is 3. The lowest BCUT2D eigenvalue weighted by atomic mass is 10.1. The number of amides is 1. The van der Waals surface area contributed by atoms with E-state index in [1.165, 1.54) is 0 Å². The van der Waals surface area contributed by atoms with Gasteiger partial charge in [-0.05, 0) is 45.8 Å². The fraction of sp³-hybridized carbons (Fsp3) is 0.154. The summed E-state index contributed by atoms with van der Waals surface area (Å²) in [6.45, 7) is 0.567. The van der Waals surface area contributed by atoms with E-state index in [1.54, 1.807) is 11.3 Å². The summed E-state index contributed by atoms with van der Waals surface area (Å²) in [5, 5.41) is 2.89. The van der Waals surface area contributed by atoms with Gasteiger partial charge >= 0.3 is 0 Å². The first-order valence-corrected chi connectivity index (χ1v) is 7.10. The lowest BCUT2D eigenvalue weighted by Gasteiger charge is -2.04. The molecule has 2 aromatic rings. The Labute approximate surface area is 118 Å². The van der Waals surface area contributed by atoms with Crippen molar-refractivity contribution in [1.82, 2.24) is 5.32 Å². The molecule has 1 heterocycles. The molecule has 0 aliphatic heterocycles. The molecule has 0 radical (unpaired) electrons. The Kier molecular flexibility index (Phi) is 4.38. The number of hydrogen-bond donors (Lipinski definition) is 2. The van der Waals surface area contributed by atoms with E-state index < -0.39 is 0 Å². The summed E-state index contributed by atoms with van der Waals surface area (Å²) in [5.74, 6) is 0.00474. The molecule has 3 N–H and O–H groups in total. The molecule has 0 aliphatic rings. The highest BCUT2D eigenvalue weighted by atomic mass is 79.9. The zero-order valence-corrected chi connectivity index (χ0v) is 12.1. The van der Waals surface area contributed by atoms with Gasteiger partial charge in [-0.25, -0.2) is 0 Å². The number of nitrogens with one attached hydrogen (secondary N) is 1. The molecule has 0 unspecified atom stereocenters. The van der Waals surface area contributed by atoms with E-state index in [-0.39, 0.29) is 5.91 Å². The van der Waals surface area contributed by atoms with Crippen LogP contribution in [0.5, 0.6) is 0 Å². The minimum Gasteiger partial charge on any atom is -0.399 e. The van der Waals surface area contributed by atoms with E-state index in [1.807, 2.05) is 36.4 Å². The van der Waals surface area contributed by atoms with Crippen molar-refractivity contribution in [1.29, 1.82) is 0 Å². The van der Waals surface area contributed by atoms with E-state index in [0.717, 1.165) is 14.2 Å². The second-order valence-corrected chi connectivity index (χ2v) is 6.45. The minimum atomic E-state index is 0.00474. The van der Waals surface area contributed by atoms with Gasteiger partial charge in [-0.3, -0.25) is 4.79 Å². The van der Waals surface area contributed by atoms with Crippen LogP contribution < -0.4 is 11.1 Å². The summed E-state index contributed by atoms with van der Waals surface area (Å²) in [7, 11) is 0. The van der Waals surface area contributed by atoms with Crippen LogP contribution in [-0.2, 0) is 17.8 Å². The quantitative estimate of drug-likeness (QED) is 0.849. The first-order chi connectivity index (χ1) is 8.63. The first kappa shape index (κ1) is 13.1. The van der Waals surface area contributed by atoms with Crippen LogP contribution in [0.25, 0.3) is 0 Å². The largest absolute Gasteiger partial charge is 0.399 e. The van der Waals surface area contributed by atoms with Crippen LogP contribution in [0, 0.1) is 0 Å². The van der Waals surface area contributed by atoms with Gasteiger partial charge in [0, 0.05) is 10.6 Å². The number of carbonyl (C=O) groups excluding carboxylic acids is 1. The molecule has 0 saturated carbocycles. The molecule has 0 bridgehead atoms. The van der Waals surface area contributed by atoms with Gasteiger partial charge in [-0.15, -0.1) is 11.3 Å². The summed E-state index contributed by atoms with van der Waals surface area (Å²) >= 11 is 5.01. The Hall–Kier alpha value is -1.33. The normalized spacial score (nSPS) is 10.3. The molecule has 1 aromatic carbocycles. The van der Waals surface area contributed by atoms with Crippen LogP contribution in [0.1, 0.15) is 10.4 Å². The number of rotatable bonds is 4. The average molecular weight is 325 g/mol. The summed E-state index contributed by atoms with van der Waals surface area (Å²) in [6, 6.07) is 11.4. The molecule has 5 heteroatoms. The third-order valence-corrected chi connectivity index (χ3v) is 4.03. The van der Waals surface area contributed by atoms with Crippen molar-refractivity contribution < 1.29 is 4.79 Å². The number of thiophene rings is 1. The highest BCUT2D eigenvalue weighted by Gasteiger charge is 2.04. The Morgan fingerprint density at radius 3 is 2.83 bits per heavy atom. The first-order valence-electron chi connectivity index (χ1n) is 5.49. The van der Waals surface area contributed by atoms with Gasteiger partial charge in [0.15, 0.2) is 0 Å². The number of anilines is 1. The third kappa shape index (κ3) is 3.85. The smallest absolute Gasteiger partial charge is 0.224 e. The van der Waals surface area contributed by atoms with Gasteiger partial charge in [-0.1, -0.05) is 12.1 Å². The molecule has 1 aromatic heterocycles. The Bertz CT molecular complexity index is 553. The van der Waals surface area contributed by atoms with E-state index >= 15 is 0 Å². The summed E-state index contributed by atoms with van der Waals surface area (Å²) < 4.78 is 1.07. The van der Waals surface area contributed by atoms with Gasteiger partial charge in [0.1, 0.15) is 0 Å². The van der Waals surface area contributed by atoms with Crippen LogP contribution in [0.2, 0.25) is 0 Å². The van der Waals surface area contributed by atoms with Crippen molar-refractivity contribution >= 4 is 38.9 Å². The number of halogens is 1. The molecule has 94 valence electrons. The van der Waals surface area contributed by atoms with Crippen molar-refractivity contribution in [3.05, 3.63) is 50.6 Å². The fourth-order valence-electron chi connectivity index (χ4n) is 1.58. The zero-order chi connectivity index (χ0) is 13.0. The lowest BCUT2D eigenvalue weighted by molar-refractivity contribution is -0.120. The number of benzene rings is 1. The predicted molar refractivity (Wildman–Crippen MR) is 78.4 cm³/mol. The second kappa shape index (κ2) is 6.02. The van der Waals surface area contributed by atoms with Crippen LogP contribution in [0.15, 0.2) is 40.2 Å². The topological polar surface area (TPSA) is 55.1 Å². The molecule has 0 atom stereocenters. The highest BCUT2D eigenvalue weighted by molar-refractivity contribution is 9.11. The van der Waals surface area contributed by atoms with Gasteiger partial charge in [0.05, 0.1) is 16.8 Å². The van der Waals surface area contributed by atoms with Crippen LogP contribution in [-0.4, -0.2) is 5.91 Å². The Morgan fingerprint density at radius 2 is 2.17 bits per heavy atom. The molecule has 0 aliphatic carbocycles. The second-order valence-electron chi connectivity index (χ2n) is 3.90. The van der Waals surface area contributed by atoms with Crippen molar-refractivity contribution in [2.24, 2.45) is 0 Å². The molecule has 2 rings (SSSR count). The molecule has 0 fully saturated rings. The van der Waals surface area contributed by atoms with Gasteiger partial charge in [-0.2, -0.15) is 0 Å². The Morgan fingerprint density at radius 1 is 1.33 bits per heavy atom. The van der Waals surface area contributed by atoms with Gasteiger partial charge in [0.25, 0.3) is 0 Å². The Balaban J connectivity index is 1.85. The molecular weight excluding hydrogens is 312 g/mol. The van der Waals surface area contributed by atoms with Crippen LogP contribution in [0.4, 0.5) is 5.69 Å². The van der Waals surface area contributed by atoms with E-state index in [9.17, 15) is 4.79 Å². The predicted octanol–water partition coefficient (Wildman–Crippen LogP) is 2.95. The van der Waals surface area contributed by atoms with Gasteiger partial charge < -0.3 is 11.1 Å². The zero-order valence-electron chi connectivity index (χ0n) is 9.65. The van der Waals surface area contributed by atoms with Crippen LogP contribution in [0.3, 0.4) is 0 Å². The summed E-state index contributed by atoms with van der Waals surface area (Å²) in [6.07, 6.45) is 0.359. The van der Waals surface area contributed by atoms with Gasteiger partial charge in [0.2, 0.25) is 5.91 Å². The molecular formula is C13H13BrN2OS. The highest BCUT2D eigenvalue weighted by Crippen LogP contribution is 2.21. The molecule has 1 amide bonds. The number of nitrogens with two attached hydrogens (primary N) is 1. The van der Waals surface area contributed by atoms with E-state index in [2.05, 4.69) is 21.2 Å². The molecule has 3 nitrogen and oxygen atoms in total. The monoisotopic (exact) mass is 324 g/mol. The maximum atomic E-state index is 11.7. The molecule has 0 spiro atoms. The number of carbonyl (C=O) groups is 1. The number of nitrogen functional groups attached to an aromatic ring is 1.